The zero-order chi connectivity index (χ0) is 23.7. The Morgan fingerprint density at radius 2 is 1.85 bits per heavy atom. The first-order valence-corrected chi connectivity index (χ1v) is 11.2. The molecule has 1 unspecified atom stereocenters. The zero-order valence-electron chi connectivity index (χ0n) is 19.0. The van der Waals surface area contributed by atoms with Gasteiger partial charge in [0.05, 0.1) is 5.41 Å². The molecule has 0 aromatic heterocycles. The molecule has 2 aromatic carbocycles. The first-order chi connectivity index (χ1) is 16.0. The van der Waals surface area contributed by atoms with Gasteiger partial charge in [0.2, 0.25) is 5.91 Å². The van der Waals surface area contributed by atoms with Crippen molar-refractivity contribution in [2.45, 2.75) is 44.1 Å². The number of hydrogen-bond acceptors (Lipinski definition) is 3. The molecule has 172 valence electrons. The molecule has 1 amide bonds. The van der Waals surface area contributed by atoms with E-state index in [1.54, 1.807) is 6.08 Å². The van der Waals surface area contributed by atoms with Crippen LogP contribution in [0, 0.1) is 0 Å². The molecule has 2 N–H and O–H groups in total. The molecule has 0 radical (unpaired) electrons. The van der Waals surface area contributed by atoms with Crippen molar-refractivity contribution < 1.29 is 19.4 Å². The Balaban J connectivity index is 1.85. The Morgan fingerprint density at radius 3 is 2.52 bits per heavy atom. The summed E-state index contributed by atoms with van der Waals surface area (Å²) in [7, 11) is 0. The normalized spacial score (nSPS) is 16.2. The molecule has 0 bridgehead atoms. The van der Waals surface area contributed by atoms with Crippen LogP contribution in [0.4, 0.5) is 5.69 Å². The van der Waals surface area contributed by atoms with Gasteiger partial charge in [0.1, 0.15) is 12.7 Å². The highest BCUT2D eigenvalue weighted by Gasteiger charge is 2.42. The molecule has 1 aliphatic rings. The van der Waals surface area contributed by atoms with Gasteiger partial charge in [0.25, 0.3) is 0 Å². The molecule has 2 aromatic rings. The topological polar surface area (TPSA) is 75.6 Å². The Hall–Kier alpha value is -3.44. The fourth-order valence-electron chi connectivity index (χ4n) is 4.36. The maximum Gasteiger partial charge on any atom is 0.329 e. The number of carboxylic acid groups (broad SMARTS) is 1. The van der Waals surface area contributed by atoms with Gasteiger partial charge in [0.15, 0.2) is 0 Å². The minimum Gasteiger partial charge on any atom is -0.480 e. The number of rotatable bonds is 10. The first-order valence-electron chi connectivity index (χ1n) is 11.2. The van der Waals surface area contributed by atoms with Crippen molar-refractivity contribution in [2.75, 3.05) is 11.9 Å². The van der Waals surface area contributed by atoms with Crippen LogP contribution < -0.4 is 5.32 Å². The summed E-state index contributed by atoms with van der Waals surface area (Å²) in [6.45, 7) is 5.52. The van der Waals surface area contributed by atoms with Crippen LogP contribution in [0.2, 0.25) is 0 Å². The summed E-state index contributed by atoms with van der Waals surface area (Å²) in [5, 5.41) is 12.2. The van der Waals surface area contributed by atoms with Crippen LogP contribution >= 0.6 is 0 Å². The van der Waals surface area contributed by atoms with Gasteiger partial charge in [-0.15, -0.1) is 0 Å². The summed E-state index contributed by atoms with van der Waals surface area (Å²) in [6, 6.07) is 17.3. The predicted molar refractivity (Wildman–Crippen MR) is 131 cm³/mol. The summed E-state index contributed by atoms with van der Waals surface area (Å²) in [4.78, 5) is 24.6. The molecule has 0 aliphatic heterocycles. The quantitative estimate of drug-likeness (QED) is 0.442. The van der Waals surface area contributed by atoms with Crippen LogP contribution in [0.15, 0.2) is 91.1 Å². The molecule has 1 saturated carbocycles. The number of aliphatic carboxylic acids is 1. The molecule has 3 rings (SSSR count). The number of ether oxygens (including phenoxy) is 1. The number of carbonyl (C=O) groups excluding carboxylic acids is 1. The van der Waals surface area contributed by atoms with Crippen molar-refractivity contribution >= 4 is 17.6 Å². The van der Waals surface area contributed by atoms with Crippen LogP contribution in [0.3, 0.4) is 0 Å². The van der Waals surface area contributed by atoms with Gasteiger partial charge in [-0.3, -0.25) is 4.79 Å². The summed E-state index contributed by atoms with van der Waals surface area (Å²) in [5.41, 5.74) is 2.50. The minimum absolute atomic E-state index is 0.0156. The minimum atomic E-state index is -1.05. The van der Waals surface area contributed by atoms with Gasteiger partial charge >= 0.3 is 5.97 Å². The van der Waals surface area contributed by atoms with E-state index in [2.05, 4.69) is 11.9 Å². The van der Waals surface area contributed by atoms with Gasteiger partial charge in [-0.2, -0.15) is 0 Å². The molecular weight excluding hydrogens is 414 g/mol. The van der Waals surface area contributed by atoms with Crippen molar-refractivity contribution in [3.05, 3.63) is 102 Å². The molecule has 1 aliphatic carbocycles. The highest BCUT2D eigenvalue weighted by molar-refractivity contribution is 5.99. The largest absolute Gasteiger partial charge is 0.480 e. The van der Waals surface area contributed by atoms with Crippen molar-refractivity contribution in [2.24, 2.45) is 0 Å². The average Bonchev–Trinajstić information content (AvgIpc) is 3.31. The molecule has 5 heteroatoms. The fourth-order valence-corrected chi connectivity index (χ4v) is 4.36. The lowest BCUT2D eigenvalue weighted by molar-refractivity contribution is -0.143. The number of carbonyl (C=O) groups is 2. The number of carboxylic acids is 1. The zero-order valence-corrected chi connectivity index (χ0v) is 19.0. The van der Waals surface area contributed by atoms with E-state index in [4.69, 9.17) is 9.84 Å². The molecule has 0 heterocycles. The van der Waals surface area contributed by atoms with E-state index in [0.717, 1.165) is 36.8 Å². The maximum absolute atomic E-state index is 13.5. The summed E-state index contributed by atoms with van der Waals surface area (Å²) < 4.78 is 5.64. The van der Waals surface area contributed by atoms with E-state index in [1.165, 1.54) is 0 Å². The van der Waals surface area contributed by atoms with Gasteiger partial charge in [-0.1, -0.05) is 86.2 Å². The summed E-state index contributed by atoms with van der Waals surface area (Å²) in [5.74, 6) is -1.07. The fraction of sp³-hybridized carbons (Fsp3) is 0.286. The van der Waals surface area contributed by atoms with E-state index in [9.17, 15) is 9.59 Å². The number of nitrogens with one attached hydrogen (secondary N) is 1. The third kappa shape index (κ3) is 6.08. The Labute approximate surface area is 195 Å². The van der Waals surface area contributed by atoms with Crippen molar-refractivity contribution in [3.63, 3.8) is 0 Å². The number of benzene rings is 2. The van der Waals surface area contributed by atoms with E-state index in [1.807, 2.05) is 79.7 Å². The molecule has 5 nitrogen and oxygen atoms in total. The van der Waals surface area contributed by atoms with Crippen molar-refractivity contribution in [1.82, 2.24) is 0 Å². The predicted octanol–water partition coefficient (Wildman–Crippen LogP) is 5.97. The lowest BCUT2D eigenvalue weighted by Gasteiger charge is -2.28. The van der Waals surface area contributed by atoms with Crippen LogP contribution in [-0.4, -0.2) is 23.6 Å². The lowest BCUT2D eigenvalue weighted by atomic mass is 9.78. The Bertz CT molecular complexity index is 1030. The average molecular weight is 446 g/mol. The number of allylic oxidation sites excluding steroid dienone is 3. The molecule has 33 heavy (non-hydrogen) atoms. The monoisotopic (exact) mass is 445 g/mol. The number of amides is 1. The molecule has 0 spiro atoms. The third-order valence-electron chi connectivity index (χ3n) is 5.99. The molecular formula is C28H31NO4. The summed E-state index contributed by atoms with van der Waals surface area (Å²) >= 11 is 0. The summed E-state index contributed by atoms with van der Waals surface area (Å²) in [6.07, 6.45) is 10.4. The molecule has 1 fully saturated rings. The van der Waals surface area contributed by atoms with Crippen LogP contribution in [0.25, 0.3) is 0 Å². The van der Waals surface area contributed by atoms with Gasteiger partial charge < -0.3 is 15.2 Å². The Morgan fingerprint density at radius 1 is 1.12 bits per heavy atom. The van der Waals surface area contributed by atoms with Crippen LogP contribution in [0.5, 0.6) is 0 Å². The number of anilines is 1. The smallest absolute Gasteiger partial charge is 0.329 e. The second-order valence-electron chi connectivity index (χ2n) is 8.28. The molecule has 0 saturated heterocycles. The van der Waals surface area contributed by atoms with Gasteiger partial charge in [-0.25, -0.2) is 4.79 Å². The van der Waals surface area contributed by atoms with Crippen molar-refractivity contribution in [1.29, 1.82) is 0 Å². The highest BCUT2D eigenvalue weighted by Crippen LogP contribution is 2.42. The second-order valence-corrected chi connectivity index (χ2v) is 8.28. The SMILES string of the molecule is C=C(/C=C\C=C/C)C(OCC(=O)O)c1cccc(NC(=O)C2(c3ccccc3)CCCC2)c1. The van der Waals surface area contributed by atoms with E-state index >= 15 is 0 Å². The van der Waals surface area contributed by atoms with Crippen molar-refractivity contribution in [3.8, 4) is 0 Å². The standard InChI is InChI=1S/C28H31NO4/c1-3-4-6-12-21(2)26(33-20-25(30)31)22-13-11-16-24(19-22)29-27(32)28(17-9-10-18-28)23-14-7-5-8-15-23/h3-8,11-16,19,26H,2,9-10,17-18,20H2,1H3,(H,29,32)(H,30,31)/b4-3-,12-6-. The molecule has 1 atom stereocenters. The Kier molecular flexibility index (Phi) is 8.39. The van der Waals surface area contributed by atoms with E-state index in [0.29, 0.717) is 11.3 Å². The lowest BCUT2D eigenvalue weighted by Crippen LogP contribution is -2.38. The second kappa shape index (κ2) is 11.4. The van der Waals surface area contributed by atoms with Gasteiger partial charge in [0, 0.05) is 5.69 Å². The van der Waals surface area contributed by atoms with Crippen LogP contribution in [-0.2, 0) is 19.7 Å². The van der Waals surface area contributed by atoms with E-state index in [-0.39, 0.29) is 5.91 Å². The third-order valence-corrected chi connectivity index (χ3v) is 5.99. The van der Waals surface area contributed by atoms with Gasteiger partial charge in [-0.05, 0) is 48.6 Å². The first kappa shape index (κ1) is 24.2. The number of hydrogen-bond donors (Lipinski definition) is 2. The van der Waals surface area contributed by atoms with E-state index < -0.39 is 24.1 Å². The van der Waals surface area contributed by atoms with Crippen LogP contribution in [0.1, 0.15) is 49.8 Å². The highest BCUT2D eigenvalue weighted by atomic mass is 16.5. The maximum atomic E-state index is 13.5.